The zero-order valence-corrected chi connectivity index (χ0v) is 8.73. The van der Waals surface area contributed by atoms with Crippen LogP contribution in [-0.2, 0) is 15.0 Å². The minimum atomic E-state index is -1.32. The summed E-state index contributed by atoms with van der Waals surface area (Å²) in [7, 11) is -1.32. The van der Waals surface area contributed by atoms with Crippen molar-refractivity contribution in [3.63, 3.8) is 0 Å². The summed E-state index contributed by atoms with van der Waals surface area (Å²) < 4.78 is 2.48. The summed E-state index contributed by atoms with van der Waals surface area (Å²) in [5.74, 6) is 0. The first-order valence-electron chi connectivity index (χ1n) is 4.51. The molecule has 0 aromatic carbocycles. The van der Waals surface area contributed by atoms with Crippen LogP contribution in [0, 0.1) is 0 Å². The summed E-state index contributed by atoms with van der Waals surface area (Å²) in [4.78, 5) is 0. The third-order valence-electron chi connectivity index (χ3n) is 2.11. The molecule has 2 nitrogen and oxygen atoms in total. The summed E-state index contributed by atoms with van der Waals surface area (Å²) >= 11 is 0.868. The summed E-state index contributed by atoms with van der Waals surface area (Å²) in [6.07, 6.45) is 11.9. The fourth-order valence-electron chi connectivity index (χ4n) is 1.42. The summed E-state index contributed by atoms with van der Waals surface area (Å²) in [5, 5.41) is 18.2. The molecule has 0 bridgehead atoms. The first kappa shape index (κ1) is 10.00. The van der Waals surface area contributed by atoms with E-state index in [4.69, 9.17) is 10.0 Å². The Hall–Kier alpha value is -0.536. The van der Waals surface area contributed by atoms with Crippen LogP contribution in [0.15, 0.2) is 44.8 Å². The van der Waals surface area contributed by atoms with E-state index in [2.05, 4.69) is 12.2 Å². The van der Waals surface area contributed by atoms with Gasteiger partial charge in [-0.15, -0.1) is 0 Å². The van der Waals surface area contributed by atoms with E-state index in [1.165, 1.54) is 4.47 Å². The predicted octanol–water partition coefficient (Wildman–Crippen LogP) is 1.14. The van der Waals surface area contributed by atoms with Gasteiger partial charge in [-0.25, -0.2) is 0 Å². The number of allylic oxidation sites excluding steroid dienone is 8. The molecule has 4 heteroatoms. The van der Waals surface area contributed by atoms with Crippen LogP contribution in [0.1, 0.15) is 12.8 Å². The Bertz CT molecular complexity index is 353. The molecule has 0 spiro atoms. The third kappa shape index (κ3) is 2.10. The zero-order chi connectivity index (χ0) is 9.97. The van der Waals surface area contributed by atoms with E-state index >= 15 is 0 Å². The van der Waals surface area contributed by atoms with Gasteiger partial charge in [-0.05, 0) is 0 Å². The molecule has 74 valence electrons. The topological polar surface area (TPSA) is 40.5 Å². The summed E-state index contributed by atoms with van der Waals surface area (Å²) in [6.45, 7) is 0. The van der Waals surface area contributed by atoms with Crippen molar-refractivity contribution in [3.05, 3.63) is 44.8 Å². The standard InChI is InChI=1S/C5H6BO2.C5H5.Fe/c7-6(8)5-3-1-2-4-5;1-2-4-5-3-1;/h1,3,7-8H,2H2;1-3H,4H2;. The molecule has 2 N–H and O–H groups in total. The van der Waals surface area contributed by atoms with Crippen LogP contribution in [0.5, 0.6) is 0 Å². The Morgan fingerprint density at radius 3 is 2.71 bits per heavy atom. The molecule has 0 heterocycles. The van der Waals surface area contributed by atoms with Gasteiger partial charge in [0, 0.05) is 0 Å². The average molecular weight is 230 g/mol. The summed E-state index contributed by atoms with van der Waals surface area (Å²) in [6, 6.07) is 0. The fraction of sp³-hybridized carbons (Fsp3) is 0.200. The van der Waals surface area contributed by atoms with Crippen LogP contribution in [0.4, 0.5) is 0 Å². The van der Waals surface area contributed by atoms with Gasteiger partial charge in [0.1, 0.15) is 0 Å². The van der Waals surface area contributed by atoms with Gasteiger partial charge in [-0.1, -0.05) is 0 Å². The molecule has 0 fully saturated rings. The van der Waals surface area contributed by atoms with Crippen molar-refractivity contribution in [1.29, 1.82) is 0 Å². The van der Waals surface area contributed by atoms with E-state index in [-0.39, 0.29) is 0 Å². The Kier molecular flexibility index (Phi) is 3.09. The normalized spacial score (nSPS) is 19.7. The van der Waals surface area contributed by atoms with Crippen LogP contribution in [0.25, 0.3) is 0 Å². The predicted molar refractivity (Wildman–Crippen MR) is 52.8 cm³/mol. The van der Waals surface area contributed by atoms with Gasteiger partial charge >= 0.3 is 89.8 Å². The van der Waals surface area contributed by atoms with Crippen LogP contribution in [0.3, 0.4) is 0 Å². The Morgan fingerprint density at radius 2 is 2.07 bits per heavy atom. The molecule has 0 unspecified atom stereocenters. The van der Waals surface area contributed by atoms with Crippen LogP contribution < -0.4 is 0 Å². The molecule has 0 aliphatic heterocycles. The monoisotopic (exact) mass is 230 g/mol. The maximum atomic E-state index is 9.11. The molecule has 2 aliphatic carbocycles. The number of hydrogen-bond donors (Lipinski definition) is 2. The molecule has 0 amide bonds. The Balaban J connectivity index is 2.07. The second-order valence-corrected chi connectivity index (χ2v) is 4.80. The zero-order valence-electron chi connectivity index (χ0n) is 7.63. The second kappa shape index (κ2) is 4.32. The van der Waals surface area contributed by atoms with Crippen LogP contribution in [0.2, 0.25) is 0 Å². The van der Waals surface area contributed by atoms with Gasteiger partial charge in [0.05, 0.1) is 0 Å². The van der Waals surface area contributed by atoms with Crippen molar-refractivity contribution >= 4 is 7.12 Å². The van der Waals surface area contributed by atoms with Crippen molar-refractivity contribution in [2.45, 2.75) is 12.8 Å². The summed E-state index contributed by atoms with van der Waals surface area (Å²) in [5.41, 5.74) is 0.679. The van der Waals surface area contributed by atoms with E-state index in [0.717, 1.165) is 32.3 Å². The van der Waals surface area contributed by atoms with Gasteiger partial charge in [-0.2, -0.15) is 0 Å². The van der Waals surface area contributed by atoms with Gasteiger partial charge in [0.25, 0.3) is 0 Å². The molecule has 0 saturated carbocycles. The molecule has 2 aliphatic rings. The van der Waals surface area contributed by atoms with Gasteiger partial charge < -0.3 is 0 Å². The SMILES string of the molecule is OB(O)C1=[C]([Fe][C]2=CC=CC2)CC=C1. The van der Waals surface area contributed by atoms with Crippen molar-refractivity contribution in [1.82, 2.24) is 0 Å². The number of hydrogen-bond acceptors (Lipinski definition) is 2. The maximum absolute atomic E-state index is 9.11. The van der Waals surface area contributed by atoms with Crippen molar-refractivity contribution in [3.8, 4) is 0 Å². The Labute approximate surface area is 90.0 Å². The quantitative estimate of drug-likeness (QED) is 0.713. The third-order valence-corrected chi connectivity index (χ3v) is 3.75. The van der Waals surface area contributed by atoms with Crippen molar-refractivity contribution < 1.29 is 25.0 Å². The molecule has 0 saturated heterocycles. The molecular weight excluding hydrogens is 219 g/mol. The van der Waals surface area contributed by atoms with E-state index in [9.17, 15) is 0 Å². The average Bonchev–Trinajstić information content (AvgIpc) is 2.75. The van der Waals surface area contributed by atoms with E-state index in [0.29, 0.717) is 5.47 Å². The first-order valence-corrected chi connectivity index (χ1v) is 5.61. The number of rotatable bonds is 3. The van der Waals surface area contributed by atoms with Crippen molar-refractivity contribution in [2.75, 3.05) is 0 Å². The Morgan fingerprint density at radius 1 is 1.21 bits per heavy atom. The van der Waals surface area contributed by atoms with Crippen molar-refractivity contribution in [2.24, 2.45) is 0 Å². The van der Waals surface area contributed by atoms with E-state index in [1.54, 1.807) is 0 Å². The van der Waals surface area contributed by atoms with Gasteiger partial charge in [-0.3, -0.25) is 0 Å². The molecule has 14 heavy (non-hydrogen) atoms. The molecule has 0 aromatic heterocycles. The molecule has 0 atom stereocenters. The second-order valence-electron chi connectivity index (χ2n) is 3.14. The fourth-order valence-corrected chi connectivity index (χ4v) is 2.93. The van der Waals surface area contributed by atoms with Gasteiger partial charge in [0.15, 0.2) is 0 Å². The molecule has 0 aromatic rings. The molecular formula is C10H11BFeO2. The molecule has 0 radical (unpaired) electrons. The first-order chi connectivity index (χ1) is 6.77. The van der Waals surface area contributed by atoms with E-state index in [1.807, 2.05) is 18.2 Å². The molecule has 2 rings (SSSR count). The van der Waals surface area contributed by atoms with Crippen LogP contribution >= 0.6 is 0 Å². The van der Waals surface area contributed by atoms with E-state index < -0.39 is 7.12 Å². The van der Waals surface area contributed by atoms with Gasteiger partial charge in [0.2, 0.25) is 0 Å². The van der Waals surface area contributed by atoms with Crippen LogP contribution in [-0.4, -0.2) is 17.2 Å². The minimum absolute atomic E-state index is 0.679.